The topological polar surface area (TPSA) is 129 Å². The Balaban J connectivity index is 1.92. The van der Waals surface area contributed by atoms with Crippen molar-refractivity contribution in [2.24, 2.45) is 0 Å². The number of nitrogens with zero attached hydrogens (tertiary/aromatic N) is 1. The smallest absolute Gasteiger partial charge is 0.408 e. The molecule has 29 heavy (non-hydrogen) atoms. The summed E-state index contributed by atoms with van der Waals surface area (Å²) in [4.78, 5) is 27.7. The van der Waals surface area contributed by atoms with Gasteiger partial charge in [-0.3, -0.25) is 9.76 Å². The number of pyridine rings is 1. The van der Waals surface area contributed by atoms with E-state index in [0.29, 0.717) is 6.42 Å². The van der Waals surface area contributed by atoms with Gasteiger partial charge in [0.25, 0.3) is 0 Å². The number of rotatable bonds is 9. The maximum Gasteiger partial charge on any atom is 0.408 e. The lowest BCUT2D eigenvalue weighted by molar-refractivity contribution is -0.139. The van der Waals surface area contributed by atoms with Crippen molar-refractivity contribution in [3.8, 4) is 0 Å². The molecule has 2 atom stereocenters. The van der Waals surface area contributed by atoms with Crippen molar-refractivity contribution in [2.75, 3.05) is 11.5 Å². The Morgan fingerprint density at radius 1 is 1.34 bits per heavy atom. The number of amides is 1. The Morgan fingerprint density at radius 2 is 2.03 bits per heavy atom. The fraction of sp³-hybridized carbons (Fsp3) is 0.650. The van der Waals surface area contributed by atoms with Crippen molar-refractivity contribution in [1.82, 2.24) is 10.3 Å². The van der Waals surface area contributed by atoms with Gasteiger partial charge in [-0.05, 0) is 58.6 Å². The zero-order chi connectivity index (χ0) is 21.7. The van der Waals surface area contributed by atoms with Crippen LogP contribution in [-0.4, -0.2) is 49.5 Å². The fourth-order valence-corrected chi connectivity index (χ4v) is 4.93. The van der Waals surface area contributed by atoms with Gasteiger partial charge >= 0.3 is 12.1 Å². The van der Waals surface area contributed by atoms with Crippen LogP contribution in [0.2, 0.25) is 0 Å². The Kier molecular flexibility index (Phi) is 7.26. The average molecular weight is 426 g/mol. The van der Waals surface area contributed by atoms with E-state index >= 15 is 0 Å². The SMILES string of the molecule is CC(C)(C)OC(=O)NC(CCS(=N)(=O)CCC1(c2ccccn2)CCC1)C(=O)O. The normalized spacial score (nSPS) is 18.7. The summed E-state index contributed by atoms with van der Waals surface area (Å²) in [7, 11) is -2.98. The van der Waals surface area contributed by atoms with E-state index in [0.717, 1.165) is 25.0 Å². The molecule has 0 saturated heterocycles. The first-order valence-electron chi connectivity index (χ1n) is 9.80. The molecule has 0 bridgehead atoms. The third-order valence-corrected chi connectivity index (χ3v) is 6.91. The first-order chi connectivity index (χ1) is 13.4. The second-order valence-corrected chi connectivity index (χ2v) is 11.1. The predicted octanol–water partition coefficient (Wildman–Crippen LogP) is 3.31. The van der Waals surface area contributed by atoms with Crippen LogP contribution in [0.15, 0.2) is 24.4 Å². The van der Waals surface area contributed by atoms with E-state index in [2.05, 4.69) is 10.3 Å². The van der Waals surface area contributed by atoms with Gasteiger partial charge in [0.2, 0.25) is 0 Å². The molecule has 2 unspecified atom stereocenters. The van der Waals surface area contributed by atoms with Gasteiger partial charge < -0.3 is 15.2 Å². The highest BCUT2D eigenvalue weighted by Gasteiger charge is 2.40. The number of carbonyl (C=O) groups excluding carboxylic acids is 1. The van der Waals surface area contributed by atoms with E-state index < -0.39 is 33.4 Å². The highest BCUT2D eigenvalue weighted by molar-refractivity contribution is 7.92. The summed E-state index contributed by atoms with van der Waals surface area (Å²) >= 11 is 0. The largest absolute Gasteiger partial charge is 0.480 e. The number of ether oxygens (including phenoxy) is 1. The van der Waals surface area contributed by atoms with E-state index in [1.54, 1.807) is 27.0 Å². The van der Waals surface area contributed by atoms with Gasteiger partial charge in [-0.15, -0.1) is 0 Å². The van der Waals surface area contributed by atoms with Crippen LogP contribution in [0.25, 0.3) is 0 Å². The molecule has 1 aromatic rings. The van der Waals surface area contributed by atoms with Gasteiger partial charge in [0.05, 0.1) is 0 Å². The Morgan fingerprint density at radius 3 is 2.52 bits per heavy atom. The van der Waals surface area contributed by atoms with Crippen LogP contribution in [0.4, 0.5) is 4.79 Å². The van der Waals surface area contributed by atoms with Crippen LogP contribution >= 0.6 is 0 Å². The molecule has 1 amide bonds. The van der Waals surface area contributed by atoms with E-state index in [9.17, 15) is 18.9 Å². The molecule has 0 spiro atoms. The molecule has 1 aliphatic carbocycles. The van der Waals surface area contributed by atoms with E-state index in [1.165, 1.54) is 0 Å². The highest BCUT2D eigenvalue weighted by Crippen LogP contribution is 2.45. The van der Waals surface area contributed by atoms with Gasteiger partial charge in [0.1, 0.15) is 11.6 Å². The number of aliphatic carboxylic acids is 1. The van der Waals surface area contributed by atoms with E-state index in [1.807, 2.05) is 18.2 Å². The second-order valence-electron chi connectivity index (χ2n) is 8.64. The third kappa shape index (κ3) is 6.99. The van der Waals surface area contributed by atoms with Crippen LogP contribution in [-0.2, 0) is 24.7 Å². The van der Waals surface area contributed by atoms with E-state index in [-0.39, 0.29) is 23.3 Å². The van der Waals surface area contributed by atoms with Gasteiger partial charge in [0, 0.05) is 38.5 Å². The van der Waals surface area contributed by atoms with E-state index in [4.69, 9.17) is 9.52 Å². The molecule has 0 aliphatic heterocycles. The van der Waals surface area contributed by atoms with Crippen LogP contribution in [0, 0.1) is 4.78 Å². The molecule has 2 rings (SSSR count). The summed E-state index contributed by atoms with van der Waals surface area (Å²) in [6, 6.07) is 4.51. The number of hydrogen-bond acceptors (Lipinski definition) is 6. The van der Waals surface area contributed by atoms with Crippen molar-refractivity contribution in [3.63, 3.8) is 0 Å². The number of carboxylic acids is 1. The molecule has 162 valence electrons. The maximum atomic E-state index is 12.8. The predicted molar refractivity (Wildman–Crippen MR) is 110 cm³/mol. The quantitative estimate of drug-likeness (QED) is 0.556. The Bertz CT molecular complexity index is 814. The summed E-state index contributed by atoms with van der Waals surface area (Å²) < 4.78 is 26.0. The molecule has 9 heteroatoms. The summed E-state index contributed by atoms with van der Waals surface area (Å²) in [6.07, 6.45) is 4.39. The average Bonchev–Trinajstić information content (AvgIpc) is 2.56. The van der Waals surface area contributed by atoms with Crippen molar-refractivity contribution in [1.29, 1.82) is 4.78 Å². The molecule has 1 heterocycles. The number of alkyl carbamates (subject to hydrolysis) is 1. The minimum absolute atomic E-state index is 0.0898. The summed E-state index contributed by atoms with van der Waals surface area (Å²) in [5.74, 6) is -1.16. The van der Waals surface area contributed by atoms with Gasteiger partial charge in [-0.25, -0.2) is 13.8 Å². The monoisotopic (exact) mass is 425 g/mol. The summed E-state index contributed by atoms with van der Waals surface area (Å²) in [5, 5.41) is 11.6. The molecule has 3 N–H and O–H groups in total. The molecular formula is C20H31N3O5S. The van der Waals surface area contributed by atoms with Gasteiger partial charge in [-0.2, -0.15) is 0 Å². The molecule has 1 aromatic heterocycles. The standard InChI is InChI=1S/C20H31N3O5S/c1-19(2,3)28-18(26)23-15(17(24)25)8-13-29(21,27)14-11-20(9-6-10-20)16-7-4-5-12-22-16/h4-5,7,12,15,21H,6,8-11,13-14H2,1-3H3,(H,23,26)(H,24,25). The van der Waals surface area contributed by atoms with Crippen molar-refractivity contribution < 1.29 is 23.6 Å². The van der Waals surface area contributed by atoms with Crippen LogP contribution in [0.5, 0.6) is 0 Å². The third-order valence-electron chi connectivity index (χ3n) is 5.15. The number of carbonyl (C=O) groups is 2. The number of carboxylic acid groups (broad SMARTS) is 1. The maximum absolute atomic E-state index is 12.8. The Labute approximate surface area is 172 Å². The molecule has 1 aliphatic rings. The molecule has 0 aromatic carbocycles. The Hall–Kier alpha value is -2.16. The first-order valence-corrected chi connectivity index (χ1v) is 11.7. The number of aromatic nitrogens is 1. The van der Waals surface area contributed by atoms with Crippen LogP contribution in [0.3, 0.4) is 0 Å². The fourth-order valence-electron chi connectivity index (χ4n) is 3.39. The number of hydrogen-bond donors (Lipinski definition) is 3. The molecule has 1 saturated carbocycles. The second kappa shape index (κ2) is 9.11. The van der Waals surface area contributed by atoms with Gasteiger partial charge in [-0.1, -0.05) is 12.5 Å². The van der Waals surface area contributed by atoms with Crippen LogP contribution in [0.1, 0.15) is 58.6 Å². The first kappa shape index (κ1) is 23.1. The zero-order valence-corrected chi connectivity index (χ0v) is 18.1. The van der Waals surface area contributed by atoms with Crippen molar-refractivity contribution in [3.05, 3.63) is 30.1 Å². The lowest BCUT2D eigenvalue weighted by atomic mass is 9.65. The van der Waals surface area contributed by atoms with Crippen molar-refractivity contribution in [2.45, 2.75) is 69.9 Å². The molecule has 8 nitrogen and oxygen atoms in total. The van der Waals surface area contributed by atoms with Gasteiger partial charge in [0.15, 0.2) is 0 Å². The number of nitrogens with one attached hydrogen (secondary N) is 2. The molecule has 1 fully saturated rings. The lowest BCUT2D eigenvalue weighted by Gasteiger charge is -2.41. The minimum atomic E-state index is -2.98. The summed E-state index contributed by atoms with van der Waals surface area (Å²) in [6.45, 7) is 5.03. The van der Waals surface area contributed by atoms with Crippen molar-refractivity contribution >= 4 is 21.8 Å². The molecule has 0 radical (unpaired) electrons. The lowest BCUT2D eigenvalue weighted by Crippen LogP contribution is -2.44. The highest BCUT2D eigenvalue weighted by atomic mass is 32.2. The summed E-state index contributed by atoms with van der Waals surface area (Å²) in [5.41, 5.74) is 0.0846. The zero-order valence-electron chi connectivity index (χ0n) is 17.3. The molecular weight excluding hydrogens is 394 g/mol. The van der Waals surface area contributed by atoms with Crippen LogP contribution < -0.4 is 5.32 Å². The minimum Gasteiger partial charge on any atom is -0.480 e.